The van der Waals surface area contributed by atoms with Crippen molar-refractivity contribution >= 4 is 15.7 Å². The van der Waals surface area contributed by atoms with Gasteiger partial charge in [-0.25, -0.2) is 8.42 Å². The average molecular weight is 282 g/mol. The second-order valence-electron chi connectivity index (χ2n) is 5.60. The molecule has 1 aliphatic rings. The molecule has 0 fully saturated rings. The Bertz CT molecular complexity index is 574. The van der Waals surface area contributed by atoms with Gasteiger partial charge in [-0.1, -0.05) is 12.1 Å². The van der Waals surface area contributed by atoms with Crippen molar-refractivity contribution < 1.29 is 8.42 Å². The summed E-state index contributed by atoms with van der Waals surface area (Å²) < 4.78 is 25.9. The molecule has 5 heteroatoms. The van der Waals surface area contributed by atoms with Gasteiger partial charge < -0.3 is 5.73 Å². The van der Waals surface area contributed by atoms with Crippen molar-refractivity contribution in [1.82, 2.24) is 0 Å². The number of benzene rings is 1. The summed E-state index contributed by atoms with van der Waals surface area (Å²) in [5, 5.41) is 0. The van der Waals surface area contributed by atoms with Gasteiger partial charge in [0.15, 0.2) is 0 Å². The number of sulfonamides is 1. The molecule has 0 amide bonds. The summed E-state index contributed by atoms with van der Waals surface area (Å²) in [5.41, 5.74) is 8.68. The highest BCUT2D eigenvalue weighted by Crippen LogP contribution is 2.35. The number of nitrogens with two attached hydrogens (primary N) is 1. The third-order valence-electron chi connectivity index (χ3n) is 3.60. The van der Waals surface area contributed by atoms with E-state index in [-0.39, 0.29) is 5.75 Å². The maximum atomic E-state index is 12.2. The first-order chi connectivity index (χ1) is 8.77. The first-order valence-corrected chi connectivity index (χ1v) is 8.30. The van der Waals surface area contributed by atoms with E-state index in [1.54, 1.807) is 11.2 Å². The van der Waals surface area contributed by atoms with Crippen molar-refractivity contribution in [2.24, 2.45) is 5.73 Å². The minimum absolute atomic E-state index is 0.128. The molecule has 2 rings (SSSR count). The van der Waals surface area contributed by atoms with E-state index in [9.17, 15) is 8.42 Å². The van der Waals surface area contributed by atoms with Crippen molar-refractivity contribution in [2.75, 3.05) is 16.6 Å². The van der Waals surface area contributed by atoms with E-state index in [2.05, 4.69) is 0 Å². The van der Waals surface area contributed by atoms with Crippen LogP contribution in [-0.2, 0) is 22.0 Å². The van der Waals surface area contributed by atoms with Crippen LogP contribution in [-0.4, -0.2) is 20.7 Å². The van der Waals surface area contributed by atoms with Crippen LogP contribution >= 0.6 is 0 Å². The lowest BCUT2D eigenvalue weighted by Gasteiger charge is -2.34. The first kappa shape index (κ1) is 14.3. The highest BCUT2D eigenvalue weighted by molar-refractivity contribution is 7.92. The lowest BCUT2D eigenvalue weighted by atomic mass is 9.87. The van der Waals surface area contributed by atoms with E-state index in [0.717, 1.165) is 29.7 Å². The normalized spacial score (nSPS) is 16.3. The van der Waals surface area contributed by atoms with Gasteiger partial charge in [-0.05, 0) is 50.8 Å². The molecule has 1 aromatic rings. The molecular formula is C14H22N2O2S. The minimum atomic E-state index is -3.20. The van der Waals surface area contributed by atoms with Gasteiger partial charge in [-0.15, -0.1) is 0 Å². The number of hydrogen-bond acceptors (Lipinski definition) is 3. The van der Waals surface area contributed by atoms with E-state index in [1.807, 2.05) is 32.0 Å². The second kappa shape index (κ2) is 4.80. The van der Waals surface area contributed by atoms with Crippen LogP contribution in [0.15, 0.2) is 18.2 Å². The highest BCUT2D eigenvalue weighted by atomic mass is 32.2. The molecular weight excluding hydrogens is 260 g/mol. The van der Waals surface area contributed by atoms with Crippen molar-refractivity contribution in [3.63, 3.8) is 0 Å². The molecule has 0 spiro atoms. The minimum Gasteiger partial charge on any atom is -0.322 e. The monoisotopic (exact) mass is 282 g/mol. The fourth-order valence-corrected chi connectivity index (χ4v) is 3.83. The predicted octanol–water partition coefficient (Wildman–Crippen LogP) is 1.98. The molecule has 0 unspecified atom stereocenters. The Morgan fingerprint density at radius 2 is 2.05 bits per heavy atom. The molecule has 1 heterocycles. The van der Waals surface area contributed by atoms with Crippen LogP contribution in [0.5, 0.6) is 0 Å². The molecule has 0 saturated heterocycles. The quantitative estimate of drug-likeness (QED) is 0.922. The number of hydrogen-bond donors (Lipinski definition) is 1. The van der Waals surface area contributed by atoms with Gasteiger partial charge in [0.1, 0.15) is 0 Å². The second-order valence-corrected chi connectivity index (χ2v) is 7.78. The molecule has 106 valence electrons. The lowest BCUT2D eigenvalue weighted by Crippen LogP contribution is -2.38. The Morgan fingerprint density at radius 3 is 2.63 bits per heavy atom. The van der Waals surface area contributed by atoms with E-state index in [0.29, 0.717) is 6.54 Å². The van der Waals surface area contributed by atoms with Gasteiger partial charge in [-0.3, -0.25) is 4.31 Å². The summed E-state index contributed by atoms with van der Waals surface area (Å²) in [6.07, 6.45) is 1.74. The van der Waals surface area contributed by atoms with Crippen LogP contribution in [0, 0.1) is 0 Å². The van der Waals surface area contributed by atoms with Gasteiger partial charge in [0.25, 0.3) is 0 Å². The van der Waals surface area contributed by atoms with Crippen molar-refractivity contribution in [2.45, 2.75) is 39.2 Å². The Kier molecular flexibility index (Phi) is 3.62. The zero-order chi connectivity index (χ0) is 14.3. The summed E-state index contributed by atoms with van der Waals surface area (Å²) >= 11 is 0. The standard InChI is InChI=1S/C14H22N2O2S/c1-4-19(17,18)16-10-6-7-11-12(14(2,3)15)8-5-9-13(11)16/h5,8-9H,4,6-7,10,15H2,1-3H3. The fourth-order valence-electron chi connectivity index (χ4n) is 2.64. The van der Waals surface area contributed by atoms with Crippen LogP contribution in [0.1, 0.15) is 38.3 Å². The maximum Gasteiger partial charge on any atom is 0.234 e. The molecule has 1 aromatic carbocycles. The van der Waals surface area contributed by atoms with E-state index in [4.69, 9.17) is 5.73 Å². The Hall–Kier alpha value is -1.07. The van der Waals surface area contributed by atoms with Crippen LogP contribution in [0.4, 0.5) is 5.69 Å². The van der Waals surface area contributed by atoms with Crippen LogP contribution < -0.4 is 10.0 Å². The number of rotatable bonds is 3. The van der Waals surface area contributed by atoms with Crippen molar-refractivity contribution in [3.8, 4) is 0 Å². The summed E-state index contributed by atoms with van der Waals surface area (Å²) in [7, 11) is -3.20. The molecule has 4 nitrogen and oxygen atoms in total. The van der Waals surface area contributed by atoms with Crippen LogP contribution in [0.25, 0.3) is 0 Å². The maximum absolute atomic E-state index is 12.2. The number of anilines is 1. The number of nitrogens with zero attached hydrogens (tertiary/aromatic N) is 1. The molecule has 0 atom stereocenters. The molecule has 0 aromatic heterocycles. The smallest absolute Gasteiger partial charge is 0.234 e. The molecule has 0 bridgehead atoms. The molecule has 19 heavy (non-hydrogen) atoms. The summed E-state index contributed by atoms with van der Waals surface area (Å²) in [4.78, 5) is 0. The van der Waals surface area contributed by atoms with Crippen molar-refractivity contribution in [3.05, 3.63) is 29.3 Å². The van der Waals surface area contributed by atoms with Crippen LogP contribution in [0.3, 0.4) is 0 Å². The lowest BCUT2D eigenvalue weighted by molar-refractivity contribution is 0.542. The zero-order valence-corrected chi connectivity index (χ0v) is 12.6. The molecule has 2 N–H and O–H groups in total. The number of fused-ring (bicyclic) bond motifs is 1. The fraction of sp³-hybridized carbons (Fsp3) is 0.571. The molecule has 1 aliphatic heterocycles. The van der Waals surface area contributed by atoms with Gasteiger partial charge in [-0.2, -0.15) is 0 Å². The summed E-state index contributed by atoms with van der Waals surface area (Å²) in [6.45, 7) is 6.16. The van der Waals surface area contributed by atoms with Gasteiger partial charge >= 0.3 is 0 Å². The summed E-state index contributed by atoms with van der Waals surface area (Å²) in [6, 6.07) is 5.78. The topological polar surface area (TPSA) is 63.4 Å². The van der Waals surface area contributed by atoms with E-state index < -0.39 is 15.6 Å². The largest absolute Gasteiger partial charge is 0.322 e. The van der Waals surface area contributed by atoms with Gasteiger partial charge in [0, 0.05) is 12.1 Å². The van der Waals surface area contributed by atoms with Gasteiger partial charge in [0.05, 0.1) is 11.4 Å². The van der Waals surface area contributed by atoms with Crippen molar-refractivity contribution in [1.29, 1.82) is 0 Å². The third-order valence-corrected chi connectivity index (χ3v) is 5.38. The average Bonchev–Trinajstić information content (AvgIpc) is 2.36. The highest BCUT2D eigenvalue weighted by Gasteiger charge is 2.29. The predicted molar refractivity (Wildman–Crippen MR) is 78.8 cm³/mol. The SMILES string of the molecule is CCS(=O)(=O)N1CCCc2c1cccc2C(C)(C)N. The van der Waals surface area contributed by atoms with E-state index >= 15 is 0 Å². The van der Waals surface area contributed by atoms with Crippen LogP contribution in [0.2, 0.25) is 0 Å². The Morgan fingerprint density at radius 1 is 1.37 bits per heavy atom. The zero-order valence-electron chi connectivity index (χ0n) is 11.8. The molecule has 0 aliphatic carbocycles. The summed E-state index contributed by atoms with van der Waals surface area (Å²) in [5.74, 6) is 0.128. The van der Waals surface area contributed by atoms with Gasteiger partial charge in [0.2, 0.25) is 10.0 Å². The first-order valence-electron chi connectivity index (χ1n) is 6.69. The third kappa shape index (κ3) is 2.62. The van der Waals surface area contributed by atoms with E-state index in [1.165, 1.54) is 0 Å². The molecule has 0 radical (unpaired) electrons. The Balaban J connectivity index is 2.59. The molecule has 0 saturated carbocycles. The Labute approximate surface area is 115 Å².